The second-order valence-electron chi connectivity index (χ2n) is 5.10. The predicted octanol–water partition coefficient (Wildman–Crippen LogP) is 0.450. The van der Waals surface area contributed by atoms with Crippen molar-refractivity contribution in [2.75, 3.05) is 13.1 Å². The molecule has 2 rings (SSSR count). The van der Waals surface area contributed by atoms with Crippen LogP contribution in [-0.4, -0.2) is 47.1 Å². The van der Waals surface area contributed by atoms with Gasteiger partial charge >= 0.3 is 5.97 Å². The molecule has 17 heavy (non-hydrogen) atoms. The average Bonchev–Trinajstić information content (AvgIpc) is 2.98. The lowest BCUT2D eigenvalue weighted by atomic mass is 10.0. The quantitative estimate of drug-likeness (QED) is 0.732. The molecule has 1 saturated heterocycles. The molecule has 1 heterocycles. The molecule has 1 amide bonds. The van der Waals surface area contributed by atoms with Gasteiger partial charge in [-0.15, -0.1) is 0 Å². The van der Waals surface area contributed by atoms with E-state index in [0.29, 0.717) is 25.4 Å². The first-order valence-electron chi connectivity index (χ1n) is 6.34. The Morgan fingerprint density at radius 2 is 2.06 bits per heavy atom. The number of nitrogens with zero attached hydrogens (tertiary/aromatic N) is 1. The number of amides is 1. The second-order valence-corrected chi connectivity index (χ2v) is 5.10. The zero-order chi connectivity index (χ0) is 12.4. The first-order valence-corrected chi connectivity index (χ1v) is 6.34. The number of hydrogen-bond donors (Lipinski definition) is 2. The molecule has 2 aliphatic rings. The van der Waals surface area contributed by atoms with Crippen molar-refractivity contribution in [1.82, 2.24) is 10.2 Å². The van der Waals surface area contributed by atoms with Crippen molar-refractivity contribution in [3.8, 4) is 0 Å². The maximum absolute atomic E-state index is 11.5. The van der Waals surface area contributed by atoms with Crippen LogP contribution < -0.4 is 5.32 Å². The van der Waals surface area contributed by atoms with Gasteiger partial charge in [0.2, 0.25) is 5.91 Å². The molecule has 5 nitrogen and oxygen atoms in total. The number of rotatable bonds is 5. The molecule has 1 saturated carbocycles. The smallest absolute Gasteiger partial charge is 0.308 e. The number of carbonyl (C=O) groups excluding carboxylic acids is 1. The number of nitrogens with one attached hydrogen (secondary N) is 1. The highest BCUT2D eigenvalue weighted by Crippen LogP contribution is 2.24. The Labute approximate surface area is 101 Å². The zero-order valence-corrected chi connectivity index (χ0v) is 10.2. The summed E-state index contributed by atoms with van der Waals surface area (Å²) in [6, 6.07) is 0.450. The standard InChI is InChI=1S/C12H20N2O3/c1-8-10(12(16)17)4-6-14(8)7-5-11(15)13-9-2-3-9/h8-10H,2-7H2,1H3,(H,13,15)(H,16,17). The first-order chi connectivity index (χ1) is 8.08. The van der Waals surface area contributed by atoms with E-state index in [1.54, 1.807) is 0 Å². The number of hydrogen-bond acceptors (Lipinski definition) is 3. The lowest BCUT2D eigenvalue weighted by Gasteiger charge is -2.22. The fourth-order valence-corrected chi connectivity index (χ4v) is 2.42. The van der Waals surface area contributed by atoms with Gasteiger partial charge in [-0.25, -0.2) is 0 Å². The summed E-state index contributed by atoms with van der Waals surface area (Å²) in [5.41, 5.74) is 0. The van der Waals surface area contributed by atoms with Crippen molar-refractivity contribution in [1.29, 1.82) is 0 Å². The van der Waals surface area contributed by atoms with E-state index in [9.17, 15) is 9.59 Å². The van der Waals surface area contributed by atoms with Crippen LogP contribution in [0.3, 0.4) is 0 Å². The summed E-state index contributed by atoms with van der Waals surface area (Å²) >= 11 is 0. The Hall–Kier alpha value is -1.10. The summed E-state index contributed by atoms with van der Waals surface area (Å²) in [7, 11) is 0. The number of carboxylic acid groups (broad SMARTS) is 1. The monoisotopic (exact) mass is 240 g/mol. The van der Waals surface area contributed by atoms with Crippen LogP contribution in [0.15, 0.2) is 0 Å². The third kappa shape index (κ3) is 3.19. The molecule has 96 valence electrons. The molecule has 0 spiro atoms. The van der Waals surface area contributed by atoms with E-state index in [1.165, 1.54) is 0 Å². The van der Waals surface area contributed by atoms with E-state index in [2.05, 4.69) is 10.2 Å². The number of likely N-dealkylation sites (tertiary alicyclic amines) is 1. The molecule has 2 atom stereocenters. The fraction of sp³-hybridized carbons (Fsp3) is 0.833. The summed E-state index contributed by atoms with van der Waals surface area (Å²) in [5, 5.41) is 11.9. The van der Waals surface area contributed by atoms with Gasteiger partial charge in [-0.2, -0.15) is 0 Å². The van der Waals surface area contributed by atoms with Crippen LogP contribution in [0, 0.1) is 5.92 Å². The molecule has 0 aromatic rings. The van der Waals surface area contributed by atoms with Crippen molar-refractivity contribution in [3.05, 3.63) is 0 Å². The van der Waals surface area contributed by atoms with Crippen molar-refractivity contribution in [2.24, 2.45) is 5.92 Å². The second kappa shape index (κ2) is 5.04. The van der Waals surface area contributed by atoms with E-state index >= 15 is 0 Å². The predicted molar refractivity (Wildman–Crippen MR) is 62.6 cm³/mol. The number of aliphatic carboxylic acids is 1. The molecule has 2 unspecified atom stereocenters. The van der Waals surface area contributed by atoms with Crippen molar-refractivity contribution < 1.29 is 14.7 Å². The highest BCUT2D eigenvalue weighted by atomic mass is 16.4. The van der Waals surface area contributed by atoms with Crippen molar-refractivity contribution >= 4 is 11.9 Å². The van der Waals surface area contributed by atoms with E-state index in [0.717, 1.165) is 19.4 Å². The van der Waals surface area contributed by atoms with Gasteiger partial charge in [-0.05, 0) is 32.7 Å². The molecule has 0 bridgehead atoms. The lowest BCUT2D eigenvalue weighted by molar-refractivity contribution is -0.142. The topological polar surface area (TPSA) is 69.6 Å². The maximum atomic E-state index is 11.5. The molecule has 1 aliphatic carbocycles. The summed E-state index contributed by atoms with van der Waals surface area (Å²) in [5.74, 6) is -0.901. The normalized spacial score (nSPS) is 29.2. The van der Waals surface area contributed by atoms with Gasteiger partial charge in [0.1, 0.15) is 0 Å². The van der Waals surface area contributed by atoms with Crippen LogP contribution in [0.4, 0.5) is 0 Å². The van der Waals surface area contributed by atoms with Crippen molar-refractivity contribution in [2.45, 2.75) is 44.7 Å². The van der Waals surface area contributed by atoms with Crippen LogP contribution in [0.1, 0.15) is 32.6 Å². The van der Waals surface area contributed by atoms with Crippen LogP contribution >= 0.6 is 0 Å². The molecule has 5 heteroatoms. The van der Waals surface area contributed by atoms with Gasteiger partial charge in [0.05, 0.1) is 5.92 Å². The largest absolute Gasteiger partial charge is 0.481 e. The molecule has 2 fully saturated rings. The van der Waals surface area contributed by atoms with E-state index in [4.69, 9.17) is 5.11 Å². The minimum Gasteiger partial charge on any atom is -0.481 e. The molecule has 0 aromatic heterocycles. The highest BCUT2D eigenvalue weighted by Gasteiger charge is 2.35. The Morgan fingerprint density at radius 3 is 2.59 bits per heavy atom. The molecular formula is C12H20N2O3. The van der Waals surface area contributed by atoms with Gasteiger partial charge in [0.15, 0.2) is 0 Å². The SMILES string of the molecule is CC1C(C(=O)O)CCN1CCC(=O)NC1CC1. The highest BCUT2D eigenvalue weighted by molar-refractivity contribution is 5.76. The average molecular weight is 240 g/mol. The Morgan fingerprint density at radius 1 is 1.35 bits per heavy atom. The number of carbonyl (C=O) groups is 2. The summed E-state index contributed by atoms with van der Waals surface area (Å²) in [6.07, 6.45) is 3.38. The third-order valence-corrected chi connectivity index (χ3v) is 3.77. The maximum Gasteiger partial charge on any atom is 0.308 e. The minimum absolute atomic E-state index is 0.0428. The van der Waals surface area contributed by atoms with E-state index < -0.39 is 5.97 Å². The summed E-state index contributed by atoms with van der Waals surface area (Å²) < 4.78 is 0. The molecule has 0 aromatic carbocycles. The summed E-state index contributed by atoms with van der Waals surface area (Å²) in [4.78, 5) is 24.6. The first kappa shape index (κ1) is 12.4. The van der Waals surface area contributed by atoms with E-state index in [-0.39, 0.29) is 17.9 Å². The molecular weight excluding hydrogens is 220 g/mol. The van der Waals surface area contributed by atoms with Crippen LogP contribution in [0.5, 0.6) is 0 Å². The lowest BCUT2D eigenvalue weighted by Crippen LogP contribution is -2.36. The fourth-order valence-electron chi connectivity index (χ4n) is 2.42. The van der Waals surface area contributed by atoms with Gasteiger partial charge in [-0.1, -0.05) is 0 Å². The Bertz CT molecular complexity index is 315. The van der Waals surface area contributed by atoms with Gasteiger partial charge in [0, 0.05) is 25.0 Å². The Balaban J connectivity index is 1.72. The molecule has 2 N–H and O–H groups in total. The molecule has 1 aliphatic heterocycles. The third-order valence-electron chi connectivity index (χ3n) is 3.77. The van der Waals surface area contributed by atoms with Crippen LogP contribution in [0.2, 0.25) is 0 Å². The van der Waals surface area contributed by atoms with Gasteiger partial charge in [0.25, 0.3) is 0 Å². The van der Waals surface area contributed by atoms with Gasteiger partial charge in [-0.3, -0.25) is 14.5 Å². The Kier molecular flexibility index (Phi) is 3.66. The van der Waals surface area contributed by atoms with E-state index in [1.807, 2.05) is 6.92 Å². The summed E-state index contributed by atoms with van der Waals surface area (Å²) in [6.45, 7) is 3.39. The van der Waals surface area contributed by atoms with Crippen molar-refractivity contribution in [3.63, 3.8) is 0 Å². The van der Waals surface area contributed by atoms with Crippen LogP contribution in [0.25, 0.3) is 0 Å². The molecule has 0 radical (unpaired) electrons. The van der Waals surface area contributed by atoms with Crippen LogP contribution in [-0.2, 0) is 9.59 Å². The zero-order valence-electron chi connectivity index (χ0n) is 10.2. The van der Waals surface area contributed by atoms with Gasteiger partial charge < -0.3 is 10.4 Å². The number of carboxylic acids is 1. The minimum atomic E-state index is -0.720.